The molecule has 2 aromatic rings. The lowest BCUT2D eigenvalue weighted by molar-refractivity contribution is 1.02. The van der Waals surface area contributed by atoms with Crippen LogP contribution in [0.4, 0.5) is 5.69 Å². The van der Waals surface area contributed by atoms with E-state index in [9.17, 15) is 0 Å². The van der Waals surface area contributed by atoms with E-state index in [-0.39, 0.29) is 0 Å². The molecule has 6 nitrogen and oxygen atoms in total. The Morgan fingerprint density at radius 3 is 2.81 bits per heavy atom. The lowest BCUT2D eigenvalue weighted by Gasteiger charge is -2.04. The molecule has 1 aromatic carbocycles. The Kier molecular flexibility index (Phi) is 6.89. The molecule has 4 N–H and O–H groups in total. The molecule has 0 aliphatic heterocycles. The van der Waals surface area contributed by atoms with Crippen LogP contribution < -0.4 is 11.3 Å². The molecule has 0 bridgehead atoms. The van der Waals surface area contributed by atoms with Crippen LogP contribution in [0.25, 0.3) is 10.9 Å². The maximum Gasteiger partial charge on any atom is 0.155 e. The van der Waals surface area contributed by atoms with Crippen LogP contribution in [0.15, 0.2) is 57.2 Å². The minimum Gasteiger partial charge on any atom is -0.359 e. The van der Waals surface area contributed by atoms with Crippen LogP contribution in [0.5, 0.6) is 0 Å². The Labute approximate surface area is 158 Å². The van der Waals surface area contributed by atoms with Gasteiger partial charge in [0.15, 0.2) is 5.82 Å². The van der Waals surface area contributed by atoms with Gasteiger partial charge in [0.1, 0.15) is 5.84 Å². The van der Waals surface area contributed by atoms with E-state index >= 15 is 0 Å². The zero-order chi connectivity index (χ0) is 19.1. The van der Waals surface area contributed by atoms with Crippen LogP contribution in [-0.2, 0) is 0 Å². The van der Waals surface area contributed by atoms with Crippen LogP contribution in [0.1, 0.15) is 26.0 Å². The summed E-state index contributed by atoms with van der Waals surface area (Å²) in [5, 5.41) is 1.56. The number of aryl methyl sites for hydroxylation is 1. The van der Waals surface area contributed by atoms with Crippen molar-refractivity contribution in [2.24, 2.45) is 20.8 Å². The fourth-order valence-electron chi connectivity index (χ4n) is 2.41. The number of fused-ring (bicyclic) bond motifs is 1. The Morgan fingerprint density at radius 2 is 2.19 bits per heavy atom. The number of hydrogen-bond acceptors (Lipinski definition) is 4. The number of halogens is 1. The zero-order valence-electron chi connectivity index (χ0n) is 15.2. The number of nitrogens with zero attached hydrogens (tertiary/aromatic N) is 3. The van der Waals surface area contributed by atoms with Crippen LogP contribution in [0, 0.1) is 6.92 Å². The molecule has 1 aromatic heterocycles. The number of H-pyrrole nitrogens is 1. The summed E-state index contributed by atoms with van der Waals surface area (Å²) in [7, 11) is 0. The van der Waals surface area contributed by atoms with Gasteiger partial charge in [-0.05, 0) is 51.3 Å². The van der Waals surface area contributed by atoms with Gasteiger partial charge in [0.05, 0.1) is 10.7 Å². The van der Waals surface area contributed by atoms with Gasteiger partial charge in [-0.3, -0.25) is 4.99 Å². The number of rotatable bonds is 6. The third kappa shape index (κ3) is 4.68. The maximum absolute atomic E-state index is 6.53. The summed E-state index contributed by atoms with van der Waals surface area (Å²) in [6, 6.07) is 5.87. The third-order valence-electron chi connectivity index (χ3n) is 3.64. The van der Waals surface area contributed by atoms with Crippen LogP contribution in [-0.4, -0.2) is 23.2 Å². The van der Waals surface area contributed by atoms with Crippen molar-refractivity contribution < 1.29 is 0 Å². The average Bonchev–Trinajstić information content (AvgIpc) is 3.03. The quantitative estimate of drug-likeness (QED) is 0.300. The molecule has 0 unspecified atom stereocenters. The normalized spacial score (nSPS) is 13.7. The Bertz CT molecular complexity index is 917. The van der Waals surface area contributed by atoms with Crippen molar-refractivity contribution in [3.05, 3.63) is 53.0 Å². The fourth-order valence-corrected chi connectivity index (χ4v) is 2.67. The number of aliphatic imine (C=N–C) groups is 3. The predicted molar refractivity (Wildman–Crippen MR) is 113 cm³/mol. The van der Waals surface area contributed by atoms with Gasteiger partial charge >= 0.3 is 0 Å². The van der Waals surface area contributed by atoms with E-state index in [1.54, 1.807) is 12.2 Å². The SMILES string of the molecule is C=NC(=C\C(CC)=Nc1ccc2[nH]c(C)cc2c1Cl)/N=C(\C=C\C)NN. The predicted octanol–water partition coefficient (Wildman–Crippen LogP) is 4.59. The molecule has 2 rings (SSSR count). The smallest absolute Gasteiger partial charge is 0.155 e. The summed E-state index contributed by atoms with van der Waals surface area (Å²) >= 11 is 6.53. The highest BCUT2D eigenvalue weighted by molar-refractivity contribution is 6.38. The first kappa shape index (κ1) is 19.6. The average molecular weight is 371 g/mol. The lowest BCUT2D eigenvalue weighted by atomic mass is 10.2. The highest BCUT2D eigenvalue weighted by atomic mass is 35.5. The highest BCUT2D eigenvalue weighted by Crippen LogP contribution is 2.33. The van der Waals surface area contributed by atoms with Gasteiger partial charge in [-0.1, -0.05) is 24.6 Å². The zero-order valence-corrected chi connectivity index (χ0v) is 15.9. The largest absolute Gasteiger partial charge is 0.359 e. The minimum atomic E-state index is 0.409. The molecule has 0 spiro atoms. The Balaban J connectivity index is 2.46. The topological polar surface area (TPSA) is 90.9 Å². The van der Waals surface area contributed by atoms with Gasteiger partial charge in [0.25, 0.3) is 0 Å². The van der Waals surface area contributed by atoms with Crippen LogP contribution in [0.2, 0.25) is 5.02 Å². The number of nitrogens with one attached hydrogen (secondary N) is 2. The lowest BCUT2D eigenvalue weighted by Crippen LogP contribution is -2.28. The van der Waals surface area contributed by atoms with Crippen molar-refractivity contribution in [3.63, 3.8) is 0 Å². The summed E-state index contributed by atoms with van der Waals surface area (Å²) in [4.78, 5) is 16.2. The molecule has 0 fully saturated rings. The maximum atomic E-state index is 6.53. The summed E-state index contributed by atoms with van der Waals surface area (Å²) in [6.45, 7) is 9.43. The van der Waals surface area contributed by atoms with Crippen molar-refractivity contribution >= 4 is 46.5 Å². The summed E-state index contributed by atoms with van der Waals surface area (Å²) < 4.78 is 0. The second-order valence-electron chi connectivity index (χ2n) is 5.57. The Morgan fingerprint density at radius 1 is 1.42 bits per heavy atom. The van der Waals surface area contributed by atoms with Crippen molar-refractivity contribution in [2.45, 2.75) is 27.2 Å². The molecular formula is C19H23ClN6. The van der Waals surface area contributed by atoms with Gasteiger partial charge in [-0.25, -0.2) is 15.8 Å². The fraction of sp³-hybridized carbons (Fsp3) is 0.211. The molecular weight excluding hydrogens is 348 g/mol. The van der Waals surface area contributed by atoms with E-state index in [1.165, 1.54) is 0 Å². The van der Waals surface area contributed by atoms with E-state index in [0.717, 1.165) is 22.3 Å². The number of aromatic amines is 1. The monoisotopic (exact) mass is 370 g/mol. The first-order valence-corrected chi connectivity index (χ1v) is 8.62. The van der Waals surface area contributed by atoms with Crippen molar-refractivity contribution in [3.8, 4) is 0 Å². The molecule has 0 saturated heterocycles. The second kappa shape index (κ2) is 9.12. The van der Waals surface area contributed by atoms with Crippen LogP contribution in [0.3, 0.4) is 0 Å². The van der Waals surface area contributed by atoms with Crippen LogP contribution >= 0.6 is 11.6 Å². The number of benzene rings is 1. The van der Waals surface area contributed by atoms with Gasteiger partial charge in [0.2, 0.25) is 0 Å². The standard InChI is InChI=1S/C19H23ClN6/c1-5-7-17(26-21)25-18(22-4)11-13(6-2)24-16-9-8-15-14(19(16)20)10-12(3)23-15/h5,7-11,23H,4,6,21H2,1-3H3,(H,25,26)/b7-5+,18-11+,24-13?. The first-order valence-electron chi connectivity index (χ1n) is 8.24. The molecule has 7 heteroatoms. The van der Waals surface area contributed by atoms with Crippen molar-refractivity contribution in [2.75, 3.05) is 0 Å². The third-order valence-corrected chi connectivity index (χ3v) is 4.04. The van der Waals surface area contributed by atoms with E-state index in [4.69, 9.17) is 17.4 Å². The molecule has 0 radical (unpaired) electrons. The number of nitrogens with two attached hydrogens (primary N) is 1. The molecule has 0 amide bonds. The van der Waals surface area contributed by atoms with E-state index < -0.39 is 0 Å². The summed E-state index contributed by atoms with van der Waals surface area (Å²) in [5.41, 5.74) is 6.03. The Hall–Kier alpha value is -2.70. The summed E-state index contributed by atoms with van der Waals surface area (Å²) in [6.07, 6.45) is 6.00. The molecule has 0 atom stereocenters. The number of allylic oxidation sites excluding steroid dienone is 2. The molecule has 0 aliphatic rings. The molecule has 0 saturated carbocycles. The number of hydrogen-bond donors (Lipinski definition) is 3. The van der Waals surface area contributed by atoms with Gasteiger partial charge in [-0.2, -0.15) is 0 Å². The summed E-state index contributed by atoms with van der Waals surface area (Å²) in [5.74, 6) is 6.34. The number of amidine groups is 1. The van der Waals surface area contributed by atoms with Gasteiger partial charge in [0, 0.05) is 28.4 Å². The van der Waals surface area contributed by atoms with E-state index in [1.807, 2.05) is 45.0 Å². The number of hydrazine groups is 1. The van der Waals surface area contributed by atoms with Crippen molar-refractivity contribution in [1.82, 2.24) is 10.4 Å². The molecule has 26 heavy (non-hydrogen) atoms. The van der Waals surface area contributed by atoms with E-state index in [2.05, 4.69) is 32.1 Å². The minimum absolute atomic E-state index is 0.409. The van der Waals surface area contributed by atoms with Gasteiger partial charge < -0.3 is 10.4 Å². The molecule has 0 aliphatic carbocycles. The van der Waals surface area contributed by atoms with Crippen molar-refractivity contribution in [1.29, 1.82) is 0 Å². The number of aromatic nitrogens is 1. The first-order chi connectivity index (χ1) is 12.5. The highest BCUT2D eigenvalue weighted by Gasteiger charge is 2.08. The second-order valence-corrected chi connectivity index (χ2v) is 5.95. The van der Waals surface area contributed by atoms with Gasteiger partial charge in [-0.15, -0.1) is 0 Å². The van der Waals surface area contributed by atoms with E-state index in [0.29, 0.717) is 28.8 Å². The molecule has 136 valence electrons. The molecule has 1 heterocycles.